The van der Waals surface area contributed by atoms with Crippen molar-refractivity contribution in [2.45, 2.75) is 39.5 Å². The molecule has 0 spiro atoms. The Morgan fingerprint density at radius 3 is 2.56 bits per heavy atom. The third kappa shape index (κ3) is 3.68. The van der Waals surface area contributed by atoms with Gasteiger partial charge < -0.3 is 10.8 Å². The predicted molar refractivity (Wildman–Crippen MR) is 64.5 cm³/mol. The van der Waals surface area contributed by atoms with Crippen LogP contribution in [0.5, 0.6) is 0 Å². The Kier molecular flexibility index (Phi) is 4.10. The summed E-state index contributed by atoms with van der Waals surface area (Å²) in [5, 5.41) is 8.99. The van der Waals surface area contributed by atoms with Gasteiger partial charge in [0.25, 0.3) is 0 Å². The van der Waals surface area contributed by atoms with E-state index < -0.39 is 11.4 Å². The van der Waals surface area contributed by atoms with Crippen molar-refractivity contribution in [1.29, 1.82) is 0 Å². The van der Waals surface area contributed by atoms with Crippen LogP contribution >= 0.6 is 0 Å². The maximum absolute atomic E-state index is 10.9. The fourth-order valence-corrected chi connectivity index (χ4v) is 1.63. The smallest absolute Gasteiger partial charge is 0.309 e. The minimum absolute atomic E-state index is 0.413. The molecule has 0 aromatic carbocycles. The zero-order chi connectivity index (χ0) is 12.2. The summed E-state index contributed by atoms with van der Waals surface area (Å²) in [6, 6.07) is 0. The molecule has 0 radical (unpaired) electrons. The summed E-state index contributed by atoms with van der Waals surface area (Å²) in [5.41, 5.74) is 6.16. The maximum atomic E-state index is 10.9. The highest BCUT2D eigenvalue weighted by Crippen LogP contribution is 2.49. The molecule has 4 heteroatoms. The molecular formula is C12H20N2O2. The van der Waals surface area contributed by atoms with Crippen LogP contribution in [0.1, 0.15) is 39.5 Å². The van der Waals surface area contributed by atoms with Crippen LogP contribution in [0, 0.1) is 5.41 Å². The van der Waals surface area contributed by atoms with Gasteiger partial charge in [-0.3, -0.25) is 9.79 Å². The number of carbonyl (C=O) groups is 1. The molecule has 90 valence electrons. The van der Waals surface area contributed by atoms with E-state index >= 15 is 0 Å². The topological polar surface area (TPSA) is 75.7 Å². The minimum Gasteiger partial charge on any atom is -0.481 e. The van der Waals surface area contributed by atoms with Crippen molar-refractivity contribution in [2.24, 2.45) is 16.1 Å². The molecule has 3 N–H and O–H groups in total. The molecule has 1 rings (SSSR count). The monoisotopic (exact) mass is 224 g/mol. The Morgan fingerprint density at radius 1 is 1.50 bits per heavy atom. The van der Waals surface area contributed by atoms with Gasteiger partial charge in [0.2, 0.25) is 0 Å². The summed E-state index contributed by atoms with van der Waals surface area (Å²) in [4.78, 5) is 15.0. The Hall–Kier alpha value is -1.32. The number of nitrogens with two attached hydrogens (primary N) is 1. The lowest BCUT2D eigenvalue weighted by Gasteiger charge is -2.07. The second-order valence-corrected chi connectivity index (χ2v) is 4.63. The number of carboxylic acid groups (broad SMARTS) is 1. The van der Waals surface area contributed by atoms with Gasteiger partial charge in [-0.15, -0.1) is 0 Å². The summed E-state index contributed by atoms with van der Waals surface area (Å²) in [6.07, 6.45) is 5.28. The maximum Gasteiger partial charge on any atom is 0.309 e. The summed E-state index contributed by atoms with van der Waals surface area (Å²) in [5.74, 6) is -0.0636. The van der Waals surface area contributed by atoms with Crippen LogP contribution in [0.25, 0.3) is 0 Å². The van der Waals surface area contributed by atoms with E-state index in [1.165, 1.54) is 0 Å². The summed E-state index contributed by atoms with van der Waals surface area (Å²) >= 11 is 0. The molecule has 0 saturated heterocycles. The van der Waals surface area contributed by atoms with Crippen molar-refractivity contribution in [3.8, 4) is 0 Å². The Balaban J connectivity index is 2.31. The standard InChI is InChI=1S/C12H20N2O2/c1-9(8-14-10(2)13)4-3-5-12(6-7-12)11(15)16/h4H,3,5-8H2,1-2H3,(H2,13,14)(H,15,16)/b9-4+. The Morgan fingerprint density at radius 2 is 2.12 bits per heavy atom. The number of allylic oxidation sites excluding steroid dienone is 1. The zero-order valence-corrected chi connectivity index (χ0v) is 9.99. The lowest BCUT2D eigenvalue weighted by atomic mass is 10.00. The average Bonchev–Trinajstić information content (AvgIpc) is 2.96. The lowest BCUT2D eigenvalue weighted by Crippen LogP contribution is -2.14. The predicted octanol–water partition coefficient (Wildman–Crippen LogP) is 1.95. The van der Waals surface area contributed by atoms with Crippen molar-refractivity contribution >= 4 is 11.8 Å². The number of rotatable bonds is 6. The van der Waals surface area contributed by atoms with E-state index in [4.69, 9.17) is 10.8 Å². The van der Waals surface area contributed by atoms with Crippen molar-refractivity contribution in [1.82, 2.24) is 0 Å². The van der Waals surface area contributed by atoms with Gasteiger partial charge in [-0.25, -0.2) is 0 Å². The number of aliphatic imine (C=N–C) groups is 1. The number of amidine groups is 1. The molecule has 0 aromatic heterocycles. The normalized spacial score (nSPS) is 19.6. The summed E-state index contributed by atoms with van der Waals surface area (Å²) in [7, 11) is 0. The Labute approximate surface area is 96.2 Å². The highest BCUT2D eigenvalue weighted by molar-refractivity contribution is 5.78. The van der Waals surface area contributed by atoms with Crippen LogP contribution in [-0.2, 0) is 4.79 Å². The molecule has 0 amide bonds. The highest BCUT2D eigenvalue weighted by atomic mass is 16.4. The second kappa shape index (κ2) is 5.14. The van der Waals surface area contributed by atoms with Gasteiger partial charge in [-0.05, 0) is 39.5 Å². The van der Waals surface area contributed by atoms with Crippen molar-refractivity contribution in [3.63, 3.8) is 0 Å². The van der Waals surface area contributed by atoms with E-state index in [1.54, 1.807) is 6.92 Å². The second-order valence-electron chi connectivity index (χ2n) is 4.63. The first-order valence-corrected chi connectivity index (χ1v) is 5.62. The summed E-state index contributed by atoms with van der Waals surface area (Å²) < 4.78 is 0. The van der Waals surface area contributed by atoms with Gasteiger partial charge >= 0.3 is 5.97 Å². The molecular weight excluding hydrogens is 204 g/mol. The molecule has 0 aliphatic heterocycles. The number of carboxylic acids is 1. The summed E-state index contributed by atoms with van der Waals surface area (Å²) in [6.45, 7) is 4.37. The third-order valence-electron chi connectivity index (χ3n) is 3.00. The van der Waals surface area contributed by atoms with Crippen molar-refractivity contribution in [3.05, 3.63) is 11.6 Å². The van der Waals surface area contributed by atoms with Crippen LogP contribution in [0.2, 0.25) is 0 Å². The number of hydrogen-bond acceptors (Lipinski definition) is 2. The molecule has 16 heavy (non-hydrogen) atoms. The highest BCUT2D eigenvalue weighted by Gasteiger charge is 2.49. The molecule has 0 aromatic rings. The van der Waals surface area contributed by atoms with E-state index in [9.17, 15) is 4.79 Å². The fourth-order valence-electron chi connectivity index (χ4n) is 1.63. The van der Waals surface area contributed by atoms with Crippen molar-refractivity contribution < 1.29 is 9.90 Å². The van der Waals surface area contributed by atoms with Gasteiger partial charge in [0.1, 0.15) is 0 Å². The van der Waals surface area contributed by atoms with Gasteiger partial charge in [-0.2, -0.15) is 0 Å². The Bertz CT molecular complexity index is 324. The van der Waals surface area contributed by atoms with E-state index in [0.717, 1.165) is 31.3 Å². The molecule has 1 saturated carbocycles. The van der Waals surface area contributed by atoms with Gasteiger partial charge in [0.05, 0.1) is 17.8 Å². The molecule has 0 unspecified atom stereocenters. The van der Waals surface area contributed by atoms with Crippen LogP contribution in [0.3, 0.4) is 0 Å². The first kappa shape index (κ1) is 12.7. The van der Waals surface area contributed by atoms with Crippen molar-refractivity contribution in [2.75, 3.05) is 6.54 Å². The van der Waals surface area contributed by atoms with Crippen LogP contribution in [0.15, 0.2) is 16.6 Å². The first-order valence-electron chi connectivity index (χ1n) is 5.62. The molecule has 4 nitrogen and oxygen atoms in total. The third-order valence-corrected chi connectivity index (χ3v) is 3.00. The fraction of sp³-hybridized carbons (Fsp3) is 0.667. The molecule has 0 bridgehead atoms. The van der Waals surface area contributed by atoms with Crippen LogP contribution in [-0.4, -0.2) is 23.5 Å². The van der Waals surface area contributed by atoms with E-state index in [0.29, 0.717) is 12.4 Å². The van der Waals surface area contributed by atoms with E-state index in [2.05, 4.69) is 11.1 Å². The van der Waals surface area contributed by atoms with Gasteiger partial charge in [0.15, 0.2) is 0 Å². The number of nitrogens with zero attached hydrogens (tertiary/aromatic N) is 1. The first-order chi connectivity index (χ1) is 7.46. The minimum atomic E-state index is -0.644. The molecule has 1 aliphatic carbocycles. The van der Waals surface area contributed by atoms with Gasteiger partial charge in [0, 0.05) is 0 Å². The molecule has 1 fully saturated rings. The quantitative estimate of drug-likeness (QED) is 0.411. The average molecular weight is 224 g/mol. The molecule has 0 heterocycles. The van der Waals surface area contributed by atoms with E-state index in [1.807, 2.05) is 6.92 Å². The SMILES string of the molecule is CC(N)=NC/C(C)=C/CCC1(C(=O)O)CC1. The number of hydrogen-bond donors (Lipinski definition) is 2. The molecule has 0 atom stereocenters. The zero-order valence-electron chi connectivity index (χ0n) is 9.99. The molecule has 1 aliphatic rings. The number of aliphatic carboxylic acids is 1. The van der Waals surface area contributed by atoms with Crippen LogP contribution in [0.4, 0.5) is 0 Å². The largest absolute Gasteiger partial charge is 0.481 e. The lowest BCUT2D eigenvalue weighted by molar-refractivity contribution is -0.143. The van der Waals surface area contributed by atoms with E-state index in [-0.39, 0.29) is 0 Å². The van der Waals surface area contributed by atoms with Crippen LogP contribution < -0.4 is 5.73 Å². The van der Waals surface area contributed by atoms with Gasteiger partial charge in [-0.1, -0.05) is 11.6 Å².